The van der Waals surface area contributed by atoms with Gasteiger partial charge in [-0.15, -0.1) is 0 Å². The zero-order valence-electron chi connectivity index (χ0n) is 15.2. The molecule has 144 valence electrons. The van der Waals surface area contributed by atoms with Crippen LogP contribution in [-0.4, -0.2) is 71.0 Å². The van der Waals surface area contributed by atoms with Crippen molar-refractivity contribution in [1.82, 2.24) is 18.7 Å². The molecule has 0 unspecified atom stereocenters. The predicted molar refractivity (Wildman–Crippen MR) is 99.5 cm³/mol. The van der Waals surface area contributed by atoms with Crippen molar-refractivity contribution in [3.05, 3.63) is 0 Å². The molecular formula is C16H32N4O3P2. The van der Waals surface area contributed by atoms with Crippen LogP contribution in [0.2, 0.25) is 0 Å². The molecule has 4 aliphatic heterocycles. The maximum absolute atomic E-state index is 14.2. The first-order valence-electron chi connectivity index (χ1n) is 10.1. The molecule has 0 aliphatic carbocycles. The van der Waals surface area contributed by atoms with E-state index in [9.17, 15) is 9.13 Å². The Hall–Kier alpha value is 0.260. The van der Waals surface area contributed by atoms with Gasteiger partial charge in [-0.3, -0.25) is 9.13 Å². The fourth-order valence-corrected chi connectivity index (χ4v) is 11.1. The Kier molecular flexibility index (Phi) is 5.74. The zero-order valence-corrected chi connectivity index (χ0v) is 17.0. The summed E-state index contributed by atoms with van der Waals surface area (Å²) in [4.78, 5) is 0. The fraction of sp³-hybridized carbons (Fsp3) is 1.00. The van der Waals surface area contributed by atoms with Crippen LogP contribution in [0.4, 0.5) is 0 Å². The van der Waals surface area contributed by atoms with E-state index in [1.807, 2.05) is 18.7 Å². The van der Waals surface area contributed by atoms with E-state index in [4.69, 9.17) is 4.31 Å². The Balaban J connectivity index is 1.64. The lowest BCUT2D eigenvalue weighted by atomic mass is 10.4. The minimum Gasteiger partial charge on any atom is -0.255 e. The minimum absolute atomic E-state index is 0.799. The van der Waals surface area contributed by atoms with Crippen molar-refractivity contribution < 1.29 is 13.4 Å². The maximum Gasteiger partial charge on any atom is 0.353 e. The van der Waals surface area contributed by atoms with Crippen LogP contribution in [0.15, 0.2) is 0 Å². The van der Waals surface area contributed by atoms with Crippen LogP contribution >= 0.6 is 15.3 Å². The fourth-order valence-electron chi connectivity index (χ4n) is 4.52. The van der Waals surface area contributed by atoms with Crippen LogP contribution in [0.3, 0.4) is 0 Å². The number of rotatable bonds is 6. The Morgan fingerprint density at radius 1 is 0.440 bits per heavy atom. The molecule has 0 aromatic carbocycles. The summed E-state index contributed by atoms with van der Waals surface area (Å²) >= 11 is 0. The molecule has 0 radical (unpaired) electrons. The first kappa shape index (κ1) is 18.6. The normalized spacial score (nSPS) is 28.5. The van der Waals surface area contributed by atoms with Crippen LogP contribution < -0.4 is 0 Å². The summed E-state index contributed by atoms with van der Waals surface area (Å²) in [6.45, 7) is 6.40. The highest BCUT2D eigenvalue weighted by Gasteiger charge is 2.51. The lowest BCUT2D eigenvalue weighted by Crippen LogP contribution is -2.34. The second-order valence-electron chi connectivity index (χ2n) is 7.71. The van der Waals surface area contributed by atoms with Crippen molar-refractivity contribution in [2.24, 2.45) is 0 Å². The molecule has 25 heavy (non-hydrogen) atoms. The Labute approximate surface area is 151 Å². The molecule has 7 nitrogen and oxygen atoms in total. The third kappa shape index (κ3) is 3.54. The van der Waals surface area contributed by atoms with Crippen molar-refractivity contribution in [2.45, 2.75) is 51.4 Å². The highest BCUT2D eigenvalue weighted by atomic mass is 31.3. The molecule has 0 aromatic rings. The molecule has 4 saturated heterocycles. The van der Waals surface area contributed by atoms with Crippen molar-refractivity contribution in [3.63, 3.8) is 0 Å². The average Bonchev–Trinajstić information content (AvgIpc) is 3.45. The molecule has 0 atom stereocenters. The van der Waals surface area contributed by atoms with E-state index in [0.717, 1.165) is 104 Å². The molecule has 0 saturated carbocycles. The number of nitrogens with zero attached hydrogens (tertiary/aromatic N) is 4. The summed E-state index contributed by atoms with van der Waals surface area (Å²) in [6.07, 6.45) is 8.44. The van der Waals surface area contributed by atoms with Gasteiger partial charge in [0.25, 0.3) is 0 Å². The Bertz CT molecular complexity index is 464. The summed E-state index contributed by atoms with van der Waals surface area (Å²) in [5, 5.41) is 0. The molecule has 0 bridgehead atoms. The predicted octanol–water partition coefficient (Wildman–Crippen LogP) is 3.60. The van der Waals surface area contributed by atoms with E-state index in [0.29, 0.717) is 0 Å². The smallest absolute Gasteiger partial charge is 0.255 e. The van der Waals surface area contributed by atoms with Crippen LogP contribution in [0.5, 0.6) is 0 Å². The van der Waals surface area contributed by atoms with Gasteiger partial charge in [0, 0.05) is 52.4 Å². The molecular weight excluding hydrogens is 358 g/mol. The second-order valence-corrected chi connectivity index (χ2v) is 12.6. The van der Waals surface area contributed by atoms with E-state index in [1.54, 1.807) is 0 Å². The topological polar surface area (TPSA) is 56.3 Å². The van der Waals surface area contributed by atoms with Crippen molar-refractivity contribution >= 4 is 15.3 Å². The van der Waals surface area contributed by atoms with Crippen molar-refractivity contribution in [1.29, 1.82) is 0 Å². The van der Waals surface area contributed by atoms with Gasteiger partial charge in [-0.1, -0.05) is 0 Å². The molecule has 0 N–H and O–H groups in total. The van der Waals surface area contributed by atoms with E-state index in [-0.39, 0.29) is 0 Å². The van der Waals surface area contributed by atoms with Crippen molar-refractivity contribution in [2.75, 3.05) is 52.4 Å². The van der Waals surface area contributed by atoms with Gasteiger partial charge in [-0.05, 0) is 51.4 Å². The van der Waals surface area contributed by atoms with Gasteiger partial charge < -0.3 is 0 Å². The lowest BCUT2D eigenvalue weighted by molar-refractivity contribution is 0.266. The lowest BCUT2D eigenvalue weighted by Gasteiger charge is -2.40. The molecule has 9 heteroatoms. The van der Waals surface area contributed by atoms with Crippen LogP contribution in [-0.2, 0) is 13.4 Å². The molecule has 0 amide bonds. The highest BCUT2D eigenvalue weighted by Crippen LogP contribution is 2.71. The first-order chi connectivity index (χ1) is 12.1. The molecule has 0 spiro atoms. The van der Waals surface area contributed by atoms with Gasteiger partial charge >= 0.3 is 15.3 Å². The second kappa shape index (κ2) is 7.71. The molecule has 4 aliphatic rings. The summed E-state index contributed by atoms with van der Waals surface area (Å²) < 4.78 is 42.7. The Morgan fingerprint density at radius 2 is 0.640 bits per heavy atom. The summed E-state index contributed by atoms with van der Waals surface area (Å²) in [5.74, 6) is 0. The van der Waals surface area contributed by atoms with E-state index >= 15 is 0 Å². The summed E-state index contributed by atoms with van der Waals surface area (Å²) in [5.41, 5.74) is 0. The SMILES string of the molecule is O=P(OP(=O)(N1CCCC1)N1CCCC1)(N1CCCC1)N1CCCC1. The third-order valence-electron chi connectivity index (χ3n) is 5.97. The molecule has 4 rings (SSSR count). The van der Waals surface area contributed by atoms with Gasteiger partial charge in [-0.2, -0.15) is 0 Å². The third-order valence-corrected chi connectivity index (χ3v) is 12.1. The average molecular weight is 390 g/mol. The molecule has 4 heterocycles. The van der Waals surface area contributed by atoms with Gasteiger partial charge in [-0.25, -0.2) is 23.0 Å². The largest absolute Gasteiger partial charge is 0.353 e. The Morgan fingerprint density at radius 3 is 0.840 bits per heavy atom. The summed E-state index contributed by atoms with van der Waals surface area (Å²) in [6, 6.07) is 0. The van der Waals surface area contributed by atoms with Crippen LogP contribution in [0.1, 0.15) is 51.4 Å². The van der Waals surface area contributed by atoms with Gasteiger partial charge in [0.2, 0.25) is 0 Å². The van der Waals surface area contributed by atoms with E-state index < -0.39 is 15.3 Å². The number of hydrogen-bond donors (Lipinski definition) is 0. The van der Waals surface area contributed by atoms with E-state index in [2.05, 4.69) is 0 Å². The standard InChI is InChI=1S/C16H32N4O3P2/c21-24(17-9-1-2-10-17,18-11-3-4-12-18)23-25(22,19-13-5-6-14-19)20-15-7-8-16-20/h1-16H2. The van der Waals surface area contributed by atoms with Crippen LogP contribution in [0.25, 0.3) is 0 Å². The maximum atomic E-state index is 14.2. The van der Waals surface area contributed by atoms with Crippen molar-refractivity contribution in [3.8, 4) is 0 Å². The summed E-state index contributed by atoms with van der Waals surface area (Å²) in [7, 11) is -6.44. The van der Waals surface area contributed by atoms with Crippen LogP contribution in [0, 0.1) is 0 Å². The number of hydrogen-bond acceptors (Lipinski definition) is 3. The monoisotopic (exact) mass is 390 g/mol. The molecule has 4 fully saturated rings. The van der Waals surface area contributed by atoms with Gasteiger partial charge in [0.15, 0.2) is 0 Å². The highest BCUT2D eigenvalue weighted by molar-refractivity contribution is 7.67. The quantitative estimate of drug-likeness (QED) is 0.642. The minimum atomic E-state index is -3.22. The zero-order chi connectivity index (χ0) is 17.3. The first-order valence-corrected chi connectivity index (χ1v) is 13.1. The molecule has 0 aromatic heterocycles. The van der Waals surface area contributed by atoms with Gasteiger partial charge in [0.1, 0.15) is 0 Å². The van der Waals surface area contributed by atoms with E-state index in [1.165, 1.54) is 0 Å². The van der Waals surface area contributed by atoms with Gasteiger partial charge in [0.05, 0.1) is 0 Å².